The van der Waals surface area contributed by atoms with Crippen LogP contribution < -0.4 is 4.90 Å². The van der Waals surface area contributed by atoms with Gasteiger partial charge in [0, 0.05) is 18.0 Å². The molecule has 0 atom stereocenters. The molecule has 4 nitrogen and oxygen atoms in total. The molecule has 0 radical (unpaired) electrons. The average Bonchev–Trinajstić information content (AvgIpc) is 3.00. The van der Waals surface area contributed by atoms with Gasteiger partial charge in [-0.1, -0.05) is 41.9 Å². The maximum atomic E-state index is 13.1. The highest BCUT2D eigenvalue weighted by Crippen LogP contribution is 2.30. The number of benzene rings is 2. The normalized spacial score (nSPS) is 15.4. The van der Waals surface area contributed by atoms with E-state index in [-0.39, 0.29) is 5.91 Å². The Bertz CT molecular complexity index is 1010. The summed E-state index contributed by atoms with van der Waals surface area (Å²) in [6.45, 7) is 0. The number of amides is 1. The molecule has 1 aliphatic rings. The molecule has 3 aromatic rings. The fourth-order valence-electron chi connectivity index (χ4n) is 2.77. The number of aliphatic imine (C=N–C) groups is 1. The lowest BCUT2D eigenvalue weighted by molar-refractivity contribution is -0.113. The molecular formula is C21H14ClN3O. The molecule has 0 saturated carbocycles. The monoisotopic (exact) mass is 359 g/mol. The van der Waals surface area contributed by atoms with Gasteiger partial charge in [-0.15, -0.1) is 0 Å². The van der Waals surface area contributed by atoms with Gasteiger partial charge in [0.1, 0.15) is 11.5 Å². The third-order valence-electron chi connectivity index (χ3n) is 4.00. The first kappa shape index (κ1) is 16.2. The third-order valence-corrected chi connectivity index (χ3v) is 4.33. The van der Waals surface area contributed by atoms with Crippen molar-refractivity contribution in [3.8, 4) is 0 Å². The number of carbonyl (C=O) groups is 1. The number of pyridine rings is 1. The van der Waals surface area contributed by atoms with E-state index in [0.717, 1.165) is 11.3 Å². The SMILES string of the molecule is O=C1/C(=C\c2ccncc2)N=C(c2ccccc2Cl)N1c1ccccc1. The molecular weight excluding hydrogens is 346 g/mol. The highest BCUT2D eigenvalue weighted by atomic mass is 35.5. The first-order chi connectivity index (χ1) is 12.7. The maximum absolute atomic E-state index is 13.1. The second kappa shape index (κ2) is 6.94. The Morgan fingerprint density at radius 1 is 0.885 bits per heavy atom. The van der Waals surface area contributed by atoms with Crippen LogP contribution in [-0.2, 0) is 4.79 Å². The molecule has 0 spiro atoms. The third kappa shape index (κ3) is 3.03. The minimum absolute atomic E-state index is 0.192. The van der Waals surface area contributed by atoms with Gasteiger partial charge in [0.15, 0.2) is 0 Å². The molecule has 126 valence electrons. The topological polar surface area (TPSA) is 45.6 Å². The van der Waals surface area contributed by atoms with Gasteiger partial charge in [0.05, 0.1) is 10.7 Å². The largest absolute Gasteiger partial charge is 0.282 e. The maximum Gasteiger partial charge on any atom is 0.282 e. The molecule has 0 fully saturated rings. The quantitative estimate of drug-likeness (QED) is 0.643. The van der Waals surface area contributed by atoms with Crippen molar-refractivity contribution in [1.82, 2.24) is 4.98 Å². The lowest BCUT2D eigenvalue weighted by Gasteiger charge is -2.19. The number of para-hydroxylation sites is 1. The predicted molar refractivity (Wildman–Crippen MR) is 104 cm³/mol. The molecule has 0 unspecified atom stereocenters. The number of aromatic nitrogens is 1. The van der Waals surface area contributed by atoms with Gasteiger partial charge in [-0.25, -0.2) is 4.99 Å². The van der Waals surface area contributed by atoms with E-state index >= 15 is 0 Å². The van der Waals surface area contributed by atoms with E-state index in [9.17, 15) is 4.79 Å². The highest BCUT2D eigenvalue weighted by molar-refractivity contribution is 6.39. The molecule has 1 aliphatic heterocycles. The first-order valence-corrected chi connectivity index (χ1v) is 8.46. The van der Waals surface area contributed by atoms with Crippen molar-refractivity contribution in [3.63, 3.8) is 0 Å². The number of amidine groups is 1. The minimum atomic E-state index is -0.192. The molecule has 4 rings (SSSR count). The number of anilines is 1. The van der Waals surface area contributed by atoms with E-state index in [1.165, 1.54) is 0 Å². The van der Waals surface area contributed by atoms with Crippen LogP contribution in [0.25, 0.3) is 6.08 Å². The van der Waals surface area contributed by atoms with Crippen molar-refractivity contribution in [2.75, 3.05) is 4.90 Å². The lowest BCUT2D eigenvalue weighted by atomic mass is 10.1. The Hall–Kier alpha value is -3.24. The van der Waals surface area contributed by atoms with Crippen molar-refractivity contribution >= 4 is 35.1 Å². The van der Waals surface area contributed by atoms with E-state index in [1.807, 2.05) is 60.7 Å². The first-order valence-electron chi connectivity index (χ1n) is 8.09. The van der Waals surface area contributed by atoms with Gasteiger partial charge in [-0.3, -0.25) is 14.7 Å². The Morgan fingerprint density at radius 2 is 1.58 bits per heavy atom. The summed E-state index contributed by atoms with van der Waals surface area (Å²) < 4.78 is 0. The molecule has 2 heterocycles. The number of halogens is 1. The molecule has 0 bridgehead atoms. The van der Waals surface area contributed by atoms with Crippen molar-refractivity contribution in [3.05, 3.63) is 101 Å². The van der Waals surface area contributed by atoms with Gasteiger partial charge in [0.25, 0.3) is 5.91 Å². The summed E-state index contributed by atoms with van der Waals surface area (Å²) in [5, 5.41) is 0.546. The number of rotatable bonds is 3. The van der Waals surface area contributed by atoms with E-state index in [1.54, 1.807) is 29.4 Å². The smallest absolute Gasteiger partial charge is 0.266 e. The zero-order valence-electron chi connectivity index (χ0n) is 13.7. The fourth-order valence-corrected chi connectivity index (χ4v) is 2.99. The molecule has 0 saturated heterocycles. The molecule has 1 aromatic heterocycles. The second-order valence-corrected chi connectivity index (χ2v) is 6.11. The Kier molecular flexibility index (Phi) is 4.33. The van der Waals surface area contributed by atoms with Gasteiger partial charge in [-0.2, -0.15) is 0 Å². The average molecular weight is 360 g/mol. The summed E-state index contributed by atoms with van der Waals surface area (Å²) in [5.74, 6) is 0.329. The van der Waals surface area contributed by atoms with Crippen LogP contribution in [0.15, 0.2) is 89.8 Å². The Labute approximate surface area is 156 Å². The lowest BCUT2D eigenvalue weighted by Crippen LogP contribution is -2.32. The second-order valence-electron chi connectivity index (χ2n) is 5.70. The summed E-state index contributed by atoms with van der Waals surface area (Å²) in [7, 11) is 0. The summed E-state index contributed by atoms with van der Waals surface area (Å²) in [6, 6.07) is 20.5. The molecule has 0 aliphatic carbocycles. The molecule has 1 amide bonds. The standard InChI is InChI=1S/C21H14ClN3O/c22-18-9-5-4-8-17(18)20-24-19(14-15-10-12-23-13-11-15)21(26)25(20)16-6-2-1-3-7-16/h1-14H/b19-14+. The van der Waals surface area contributed by atoms with Crippen LogP contribution in [0.3, 0.4) is 0 Å². The molecule has 5 heteroatoms. The summed E-state index contributed by atoms with van der Waals surface area (Å²) in [5.41, 5.74) is 2.68. The van der Waals surface area contributed by atoms with E-state index in [4.69, 9.17) is 11.6 Å². The highest BCUT2D eigenvalue weighted by Gasteiger charge is 2.33. The summed E-state index contributed by atoms with van der Waals surface area (Å²) in [4.78, 5) is 23.3. The van der Waals surface area contributed by atoms with Crippen LogP contribution in [0.1, 0.15) is 11.1 Å². The van der Waals surface area contributed by atoms with Crippen LogP contribution >= 0.6 is 11.6 Å². The van der Waals surface area contributed by atoms with Crippen LogP contribution in [0.5, 0.6) is 0 Å². The van der Waals surface area contributed by atoms with E-state index in [2.05, 4.69) is 9.98 Å². The van der Waals surface area contributed by atoms with Gasteiger partial charge in [0.2, 0.25) is 0 Å². The number of nitrogens with zero attached hydrogens (tertiary/aromatic N) is 3. The molecule has 26 heavy (non-hydrogen) atoms. The predicted octanol–water partition coefficient (Wildman–Crippen LogP) is 4.57. The van der Waals surface area contributed by atoms with Gasteiger partial charge < -0.3 is 0 Å². The zero-order valence-corrected chi connectivity index (χ0v) is 14.5. The van der Waals surface area contributed by atoms with Crippen molar-refractivity contribution in [1.29, 1.82) is 0 Å². The van der Waals surface area contributed by atoms with Gasteiger partial charge >= 0.3 is 0 Å². The van der Waals surface area contributed by atoms with Crippen LogP contribution in [0, 0.1) is 0 Å². The zero-order chi connectivity index (χ0) is 17.9. The summed E-state index contributed by atoms with van der Waals surface area (Å²) in [6.07, 6.45) is 5.11. The van der Waals surface area contributed by atoms with E-state index in [0.29, 0.717) is 22.1 Å². The van der Waals surface area contributed by atoms with Crippen LogP contribution in [0.4, 0.5) is 5.69 Å². The fraction of sp³-hybridized carbons (Fsp3) is 0. The van der Waals surface area contributed by atoms with Crippen LogP contribution in [-0.4, -0.2) is 16.7 Å². The van der Waals surface area contributed by atoms with Crippen LogP contribution in [0.2, 0.25) is 5.02 Å². The minimum Gasteiger partial charge on any atom is -0.266 e. The number of carbonyl (C=O) groups excluding carboxylic acids is 1. The Morgan fingerprint density at radius 3 is 2.31 bits per heavy atom. The number of hydrogen-bond acceptors (Lipinski definition) is 3. The van der Waals surface area contributed by atoms with Gasteiger partial charge in [-0.05, 0) is 48.0 Å². The Balaban J connectivity index is 1.86. The molecule has 0 N–H and O–H groups in total. The summed E-state index contributed by atoms with van der Waals surface area (Å²) >= 11 is 6.37. The van der Waals surface area contributed by atoms with Crippen molar-refractivity contribution in [2.45, 2.75) is 0 Å². The molecule has 2 aromatic carbocycles. The van der Waals surface area contributed by atoms with E-state index < -0.39 is 0 Å². The number of hydrogen-bond donors (Lipinski definition) is 0. The van der Waals surface area contributed by atoms with Crippen molar-refractivity contribution in [2.24, 2.45) is 4.99 Å². The van der Waals surface area contributed by atoms with Crippen molar-refractivity contribution < 1.29 is 4.79 Å².